The fourth-order valence-electron chi connectivity index (χ4n) is 1.81. The second-order valence-corrected chi connectivity index (χ2v) is 4.21. The zero-order valence-electron chi connectivity index (χ0n) is 10.3. The first-order valence-electron chi connectivity index (χ1n) is 6.00. The molecule has 0 amide bonds. The summed E-state index contributed by atoms with van der Waals surface area (Å²) >= 11 is 0. The van der Waals surface area contributed by atoms with E-state index in [2.05, 4.69) is 5.32 Å². The summed E-state index contributed by atoms with van der Waals surface area (Å²) in [6.45, 7) is 0.494. The van der Waals surface area contributed by atoms with Crippen LogP contribution in [0.1, 0.15) is 23.1 Å². The van der Waals surface area contributed by atoms with Crippen LogP contribution in [0, 0.1) is 0 Å². The van der Waals surface area contributed by atoms with Gasteiger partial charge in [0.2, 0.25) is 0 Å². The van der Waals surface area contributed by atoms with E-state index in [1.165, 1.54) is 12.1 Å². The van der Waals surface area contributed by atoms with E-state index in [4.69, 9.17) is 0 Å². The Morgan fingerprint density at radius 2 is 1.68 bits per heavy atom. The molecule has 0 saturated heterocycles. The SMILES string of the molecule is OCc1ccccc1NCc1ccc(C(F)F)cc1. The van der Waals surface area contributed by atoms with E-state index in [-0.39, 0.29) is 12.2 Å². The summed E-state index contributed by atoms with van der Waals surface area (Å²) < 4.78 is 24.8. The van der Waals surface area contributed by atoms with Crippen LogP contribution >= 0.6 is 0 Å². The van der Waals surface area contributed by atoms with Gasteiger partial charge in [-0.15, -0.1) is 0 Å². The van der Waals surface area contributed by atoms with Crippen molar-refractivity contribution >= 4 is 5.69 Å². The molecule has 100 valence electrons. The van der Waals surface area contributed by atoms with Gasteiger partial charge >= 0.3 is 0 Å². The molecule has 4 heteroatoms. The lowest BCUT2D eigenvalue weighted by atomic mass is 10.1. The van der Waals surface area contributed by atoms with Gasteiger partial charge in [-0.3, -0.25) is 0 Å². The van der Waals surface area contributed by atoms with E-state index >= 15 is 0 Å². The number of para-hydroxylation sites is 1. The monoisotopic (exact) mass is 263 g/mol. The van der Waals surface area contributed by atoms with E-state index in [1.807, 2.05) is 24.3 Å². The van der Waals surface area contributed by atoms with Crippen molar-refractivity contribution in [2.45, 2.75) is 19.6 Å². The standard InChI is InChI=1S/C15H15F2NO/c16-15(17)12-7-5-11(6-8-12)9-18-14-4-2-1-3-13(14)10-19/h1-8,15,18-19H,9-10H2. The molecular formula is C15H15F2NO. The maximum atomic E-state index is 12.4. The van der Waals surface area contributed by atoms with Gasteiger partial charge in [-0.05, 0) is 11.6 Å². The minimum Gasteiger partial charge on any atom is -0.392 e. The van der Waals surface area contributed by atoms with E-state index in [0.717, 1.165) is 16.8 Å². The molecule has 2 nitrogen and oxygen atoms in total. The van der Waals surface area contributed by atoms with Crippen LogP contribution < -0.4 is 5.32 Å². The molecule has 0 heterocycles. The zero-order chi connectivity index (χ0) is 13.7. The van der Waals surface area contributed by atoms with Crippen LogP contribution in [-0.4, -0.2) is 5.11 Å². The average molecular weight is 263 g/mol. The number of benzene rings is 2. The molecule has 0 aliphatic heterocycles. The van der Waals surface area contributed by atoms with Gasteiger partial charge in [0.1, 0.15) is 0 Å². The van der Waals surface area contributed by atoms with Crippen LogP contribution in [0.2, 0.25) is 0 Å². The van der Waals surface area contributed by atoms with Crippen LogP contribution in [0.3, 0.4) is 0 Å². The number of nitrogens with one attached hydrogen (secondary N) is 1. The van der Waals surface area contributed by atoms with E-state index in [9.17, 15) is 13.9 Å². The number of hydrogen-bond acceptors (Lipinski definition) is 2. The summed E-state index contributed by atoms with van der Waals surface area (Å²) in [5.74, 6) is 0. The fourth-order valence-corrected chi connectivity index (χ4v) is 1.81. The number of hydrogen-bond donors (Lipinski definition) is 2. The zero-order valence-corrected chi connectivity index (χ0v) is 10.3. The molecule has 0 unspecified atom stereocenters. The van der Waals surface area contributed by atoms with Crippen molar-refractivity contribution < 1.29 is 13.9 Å². The van der Waals surface area contributed by atoms with Crippen molar-refractivity contribution in [2.75, 3.05) is 5.32 Å². The lowest BCUT2D eigenvalue weighted by molar-refractivity contribution is 0.151. The molecule has 19 heavy (non-hydrogen) atoms. The Morgan fingerprint density at radius 1 is 1.00 bits per heavy atom. The van der Waals surface area contributed by atoms with Crippen molar-refractivity contribution in [2.24, 2.45) is 0 Å². The molecule has 0 aromatic heterocycles. The van der Waals surface area contributed by atoms with Gasteiger partial charge in [-0.1, -0.05) is 42.5 Å². The summed E-state index contributed by atoms with van der Waals surface area (Å²) in [5, 5.41) is 12.4. The first-order chi connectivity index (χ1) is 9.20. The minimum atomic E-state index is -2.43. The maximum Gasteiger partial charge on any atom is 0.263 e. The molecular weight excluding hydrogens is 248 g/mol. The number of rotatable bonds is 5. The second kappa shape index (κ2) is 6.29. The molecule has 0 radical (unpaired) electrons. The van der Waals surface area contributed by atoms with Gasteiger partial charge in [0.15, 0.2) is 0 Å². The Kier molecular flexibility index (Phi) is 4.47. The highest BCUT2D eigenvalue weighted by Crippen LogP contribution is 2.20. The Balaban J connectivity index is 2.02. The summed E-state index contributed by atoms with van der Waals surface area (Å²) in [7, 11) is 0. The number of aliphatic hydroxyl groups is 1. The smallest absolute Gasteiger partial charge is 0.263 e. The Labute approximate surface area is 110 Å². The third-order valence-electron chi connectivity index (χ3n) is 2.90. The van der Waals surface area contributed by atoms with Gasteiger partial charge < -0.3 is 10.4 Å². The fraction of sp³-hybridized carbons (Fsp3) is 0.200. The number of anilines is 1. The van der Waals surface area contributed by atoms with Gasteiger partial charge in [-0.2, -0.15) is 0 Å². The molecule has 2 rings (SSSR count). The van der Waals surface area contributed by atoms with Gasteiger partial charge in [0, 0.05) is 23.4 Å². The molecule has 2 N–H and O–H groups in total. The highest BCUT2D eigenvalue weighted by atomic mass is 19.3. The quantitative estimate of drug-likeness (QED) is 0.861. The molecule has 2 aromatic carbocycles. The third-order valence-corrected chi connectivity index (χ3v) is 2.90. The highest BCUT2D eigenvalue weighted by Gasteiger charge is 2.06. The maximum absolute atomic E-state index is 12.4. The topological polar surface area (TPSA) is 32.3 Å². The number of halogens is 2. The van der Waals surface area contributed by atoms with Crippen LogP contribution in [-0.2, 0) is 13.2 Å². The van der Waals surface area contributed by atoms with Crippen molar-refractivity contribution in [3.8, 4) is 0 Å². The number of alkyl halides is 2. The largest absolute Gasteiger partial charge is 0.392 e. The van der Waals surface area contributed by atoms with Crippen molar-refractivity contribution in [1.82, 2.24) is 0 Å². The van der Waals surface area contributed by atoms with Crippen LogP contribution in [0.25, 0.3) is 0 Å². The van der Waals surface area contributed by atoms with Crippen molar-refractivity contribution in [3.05, 3.63) is 65.2 Å². The number of aliphatic hydroxyl groups excluding tert-OH is 1. The van der Waals surface area contributed by atoms with Gasteiger partial charge in [0.05, 0.1) is 6.61 Å². The molecule has 0 spiro atoms. The van der Waals surface area contributed by atoms with Crippen molar-refractivity contribution in [1.29, 1.82) is 0 Å². The molecule has 0 atom stereocenters. The van der Waals surface area contributed by atoms with E-state index in [0.29, 0.717) is 6.54 Å². The van der Waals surface area contributed by atoms with Gasteiger partial charge in [0.25, 0.3) is 6.43 Å². The lowest BCUT2D eigenvalue weighted by Gasteiger charge is -2.10. The lowest BCUT2D eigenvalue weighted by Crippen LogP contribution is -2.02. The third kappa shape index (κ3) is 3.51. The molecule has 0 fully saturated rings. The predicted octanol–water partition coefficient (Wildman–Crippen LogP) is 3.73. The molecule has 0 aliphatic rings. The Hall–Kier alpha value is -1.94. The molecule has 0 saturated carbocycles. The Bertz CT molecular complexity index is 526. The predicted molar refractivity (Wildman–Crippen MR) is 71.1 cm³/mol. The molecule has 0 aliphatic carbocycles. The van der Waals surface area contributed by atoms with Crippen LogP contribution in [0.5, 0.6) is 0 Å². The average Bonchev–Trinajstić information content (AvgIpc) is 2.45. The summed E-state index contributed by atoms with van der Waals surface area (Å²) in [5.41, 5.74) is 2.60. The summed E-state index contributed by atoms with van der Waals surface area (Å²) in [6, 6.07) is 13.7. The molecule has 0 bridgehead atoms. The summed E-state index contributed by atoms with van der Waals surface area (Å²) in [6.07, 6.45) is -2.43. The van der Waals surface area contributed by atoms with E-state index < -0.39 is 6.43 Å². The first kappa shape index (κ1) is 13.5. The normalized spacial score (nSPS) is 10.7. The van der Waals surface area contributed by atoms with Crippen molar-refractivity contribution in [3.63, 3.8) is 0 Å². The first-order valence-corrected chi connectivity index (χ1v) is 6.00. The summed E-state index contributed by atoms with van der Waals surface area (Å²) in [4.78, 5) is 0. The van der Waals surface area contributed by atoms with E-state index in [1.54, 1.807) is 12.1 Å². The highest BCUT2D eigenvalue weighted by molar-refractivity contribution is 5.51. The minimum absolute atomic E-state index is 0.0273. The van der Waals surface area contributed by atoms with Crippen LogP contribution in [0.4, 0.5) is 14.5 Å². The second-order valence-electron chi connectivity index (χ2n) is 4.21. The molecule has 2 aromatic rings. The van der Waals surface area contributed by atoms with Gasteiger partial charge in [-0.25, -0.2) is 8.78 Å². The Morgan fingerprint density at radius 3 is 2.32 bits per heavy atom. The van der Waals surface area contributed by atoms with Crippen LogP contribution in [0.15, 0.2) is 48.5 Å².